The zero-order valence-electron chi connectivity index (χ0n) is 8.35. The molecule has 0 amide bonds. The van der Waals surface area contributed by atoms with Gasteiger partial charge in [-0.15, -0.1) is 0 Å². The summed E-state index contributed by atoms with van der Waals surface area (Å²) in [6.07, 6.45) is -4.40. The van der Waals surface area contributed by atoms with Crippen molar-refractivity contribution in [1.82, 2.24) is 0 Å². The van der Waals surface area contributed by atoms with Gasteiger partial charge in [0.2, 0.25) is 0 Å². The van der Waals surface area contributed by atoms with Gasteiger partial charge in [0.15, 0.2) is 0 Å². The van der Waals surface area contributed by atoms with Crippen LogP contribution in [0.5, 0.6) is 0 Å². The van der Waals surface area contributed by atoms with E-state index in [-0.39, 0.29) is 12.1 Å². The van der Waals surface area contributed by atoms with Crippen LogP contribution >= 0.6 is 0 Å². The number of hydrogen-bond donors (Lipinski definition) is 1. The average Bonchev–Trinajstić information content (AvgIpc) is 2.18. The molecular weight excluding hydrogens is 226 g/mol. The van der Waals surface area contributed by atoms with Gasteiger partial charge in [-0.25, -0.2) is 4.39 Å². The first kappa shape index (κ1) is 12.9. The van der Waals surface area contributed by atoms with Gasteiger partial charge in [0.1, 0.15) is 12.4 Å². The molecule has 90 valence electrons. The predicted molar refractivity (Wildman–Crippen MR) is 50.0 cm³/mol. The molecule has 0 saturated heterocycles. The molecule has 1 rings (SSSR count). The molecule has 6 heteroatoms. The van der Waals surface area contributed by atoms with E-state index in [9.17, 15) is 17.6 Å². The first-order chi connectivity index (χ1) is 7.42. The standard InChI is InChI=1S/C10H11F4NO/c11-9-3-7(4-15)1-2-8(9)5-16-6-10(12,13)14/h1-3H,4-6,15H2. The van der Waals surface area contributed by atoms with Crippen LogP contribution in [0, 0.1) is 5.82 Å². The van der Waals surface area contributed by atoms with Crippen LogP contribution in [0.25, 0.3) is 0 Å². The van der Waals surface area contributed by atoms with E-state index in [1.165, 1.54) is 12.1 Å². The highest BCUT2D eigenvalue weighted by Crippen LogP contribution is 2.17. The molecule has 0 aliphatic rings. The fourth-order valence-corrected chi connectivity index (χ4v) is 1.11. The number of alkyl halides is 3. The van der Waals surface area contributed by atoms with Crippen LogP contribution in [-0.4, -0.2) is 12.8 Å². The van der Waals surface area contributed by atoms with Gasteiger partial charge in [0, 0.05) is 12.1 Å². The highest BCUT2D eigenvalue weighted by Gasteiger charge is 2.27. The van der Waals surface area contributed by atoms with E-state index in [0.29, 0.717) is 5.56 Å². The lowest BCUT2D eigenvalue weighted by atomic mass is 10.1. The summed E-state index contributed by atoms with van der Waals surface area (Å²) >= 11 is 0. The monoisotopic (exact) mass is 237 g/mol. The van der Waals surface area contributed by atoms with E-state index in [4.69, 9.17) is 5.73 Å². The molecular formula is C10H11F4NO. The third kappa shape index (κ3) is 4.16. The Bertz CT molecular complexity index is 351. The molecule has 0 fully saturated rings. The largest absolute Gasteiger partial charge is 0.411 e. The maximum atomic E-state index is 13.2. The third-order valence-corrected chi connectivity index (χ3v) is 1.88. The van der Waals surface area contributed by atoms with Gasteiger partial charge in [-0.2, -0.15) is 13.2 Å². The van der Waals surface area contributed by atoms with Gasteiger partial charge in [0.25, 0.3) is 0 Å². The lowest BCUT2D eigenvalue weighted by Gasteiger charge is -2.08. The molecule has 0 aromatic heterocycles. The minimum atomic E-state index is -4.40. The molecule has 16 heavy (non-hydrogen) atoms. The Kier molecular flexibility index (Phi) is 4.26. The van der Waals surface area contributed by atoms with Crippen molar-refractivity contribution in [3.8, 4) is 0 Å². The molecule has 0 bridgehead atoms. The lowest BCUT2D eigenvalue weighted by Crippen LogP contribution is -2.17. The van der Waals surface area contributed by atoms with E-state index < -0.39 is 25.2 Å². The smallest absolute Gasteiger partial charge is 0.367 e. The van der Waals surface area contributed by atoms with Crippen molar-refractivity contribution < 1.29 is 22.3 Å². The Balaban J connectivity index is 2.55. The average molecular weight is 237 g/mol. The molecule has 2 nitrogen and oxygen atoms in total. The Morgan fingerprint density at radius 2 is 1.94 bits per heavy atom. The van der Waals surface area contributed by atoms with E-state index in [2.05, 4.69) is 4.74 Å². The van der Waals surface area contributed by atoms with Crippen molar-refractivity contribution in [1.29, 1.82) is 0 Å². The molecule has 0 heterocycles. The topological polar surface area (TPSA) is 35.2 Å². The molecule has 0 unspecified atom stereocenters. The van der Waals surface area contributed by atoms with Crippen molar-refractivity contribution >= 4 is 0 Å². The molecule has 0 spiro atoms. The summed E-state index contributed by atoms with van der Waals surface area (Å²) in [4.78, 5) is 0. The number of nitrogens with two attached hydrogens (primary N) is 1. The van der Waals surface area contributed by atoms with Crippen molar-refractivity contribution in [3.05, 3.63) is 35.1 Å². The first-order valence-corrected chi connectivity index (χ1v) is 4.54. The Morgan fingerprint density at radius 1 is 1.25 bits per heavy atom. The molecule has 1 aromatic carbocycles. The van der Waals surface area contributed by atoms with Gasteiger partial charge < -0.3 is 10.5 Å². The van der Waals surface area contributed by atoms with Gasteiger partial charge in [-0.1, -0.05) is 12.1 Å². The van der Waals surface area contributed by atoms with Crippen LogP contribution in [0.2, 0.25) is 0 Å². The molecule has 0 saturated carbocycles. The maximum Gasteiger partial charge on any atom is 0.411 e. The van der Waals surface area contributed by atoms with Crippen LogP contribution in [0.4, 0.5) is 17.6 Å². The Labute approximate surface area is 90.0 Å². The van der Waals surface area contributed by atoms with E-state index in [1.807, 2.05) is 0 Å². The van der Waals surface area contributed by atoms with Crippen LogP contribution in [0.3, 0.4) is 0 Å². The normalized spacial score (nSPS) is 11.8. The van der Waals surface area contributed by atoms with Crippen LogP contribution in [0.1, 0.15) is 11.1 Å². The van der Waals surface area contributed by atoms with E-state index >= 15 is 0 Å². The quantitative estimate of drug-likeness (QED) is 0.816. The molecule has 2 N–H and O–H groups in total. The van der Waals surface area contributed by atoms with E-state index in [0.717, 1.165) is 0 Å². The predicted octanol–water partition coefficient (Wildman–Crippen LogP) is 2.36. The third-order valence-electron chi connectivity index (χ3n) is 1.88. The Morgan fingerprint density at radius 3 is 2.44 bits per heavy atom. The zero-order chi connectivity index (χ0) is 12.2. The van der Waals surface area contributed by atoms with Crippen molar-refractivity contribution in [2.45, 2.75) is 19.3 Å². The Hall–Kier alpha value is -1.14. The molecule has 0 atom stereocenters. The van der Waals surface area contributed by atoms with Gasteiger partial charge in [-0.3, -0.25) is 0 Å². The summed E-state index contributed by atoms with van der Waals surface area (Å²) in [6.45, 7) is -1.61. The summed E-state index contributed by atoms with van der Waals surface area (Å²) in [5.74, 6) is -0.606. The molecule has 0 aliphatic heterocycles. The fraction of sp³-hybridized carbons (Fsp3) is 0.400. The fourth-order valence-electron chi connectivity index (χ4n) is 1.11. The van der Waals surface area contributed by atoms with Crippen molar-refractivity contribution in [2.24, 2.45) is 5.73 Å². The second-order valence-electron chi connectivity index (χ2n) is 3.24. The highest BCUT2D eigenvalue weighted by atomic mass is 19.4. The first-order valence-electron chi connectivity index (χ1n) is 4.54. The summed E-state index contributed by atoms with van der Waals surface area (Å²) < 4.78 is 52.8. The lowest BCUT2D eigenvalue weighted by molar-refractivity contribution is -0.176. The van der Waals surface area contributed by atoms with Gasteiger partial charge >= 0.3 is 6.18 Å². The number of benzene rings is 1. The summed E-state index contributed by atoms with van der Waals surface area (Å²) in [7, 11) is 0. The van der Waals surface area contributed by atoms with Crippen molar-refractivity contribution in [2.75, 3.05) is 6.61 Å². The number of halogens is 4. The zero-order valence-corrected chi connectivity index (χ0v) is 8.35. The van der Waals surface area contributed by atoms with Crippen LogP contribution < -0.4 is 5.73 Å². The van der Waals surface area contributed by atoms with Crippen LogP contribution in [-0.2, 0) is 17.9 Å². The van der Waals surface area contributed by atoms with Gasteiger partial charge in [0.05, 0.1) is 6.61 Å². The van der Waals surface area contributed by atoms with Gasteiger partial charge in [-0.05, 0) is 11.6 Å². The van der Waals surface area contributed by atoms with Crippen molar-refractivity contribution in [3.63, 3.8) is 0 Å². The van der Waals surface area contributed by atoms with Crippen LogP contribution in [0.15, 0.2) is 18.2 Å². The second-order valence-corrected chi connectivity index (χ2v) is 3.24. The minimum absolute atomic E-state index is 0.0847. The number of rotatable bonds is 4. The number of ether oxygens (including phenoxy) is 1. The molecule has 0 aliphatic carbocycles. The highest BCUT2D eigenvalue weighted by molar-refractivity contribution is 5.23. The molecule has 1 aromatic rings. The SMILES string of the molecule is NCc1ccc(COCC(F)(F)F)c(F)c1. The van der Waals surface area contributed by atoms with E-state index in [1.54, 1.807) is 6.07 Å². The second kappa shape index (κ2) is 5.27. The summed E-state index contributed by atoms with van der Waals surface area (Å²) in [5.41, 5.74) is 5.94. The number of hydrogen-bond acceptors (Lipinski definition) is 2. The summed E-state index contributed by atoms with van der Waals surface area (Å²) in [5, 5.41) is 0. The summed E-state index contributed by atoms with van der Waals surface area (Å²) in [6, 6.07) is 4.11. The maximum absolute atomic E-state index is 13.2. The molecule has 0 radical (unpaired) electrons. The minimum Gasteiger partial charge on any atom is -0.367 e.